The van der Waals surface area contributed by atoms with Crippen molar-refractivity contribution >= 4 is 5.78 Å². The smallest absolute Gasteiger partial charge is 0.181 e. The first kappa shape index (κ1) is 14.7. The SMILES string of the molecule is C=C1C[C@@]2(C)C(=CC1=O)CC[C@@H]1[C@H]3CC[C@@H](O)[C@@]3(C)CC[C@H]12. The van der Waals surface area contributed by atoms with Crippen LogP contribution in [-0.4, -0.2) is 17.0 Å². The topological polar surface area (TPSA) is 37.3 Å². The average molecular weight is 300 g/mol. The van der Waals surface area contributed by atoms with Crippen molar-refractivity contribution in [1.29, 1.82) is 0 Å². The fraction of sp³-hybridized carbons (Fsp3) is 0.750. The van der Waals surface area contributed by atoms with E-state index in [4.69, 9.17) is 0 Å². The highest BCUT2D eigenvalue weighted by Crippen LogP contribution is 2.65. The number of hydrogen-bond donors (Lipinski definition) is 1. The first-order chi connectivity index (χ1) is 10.4. The fourth-order valence-electron chi connectivity index (χ4n) is 6.57. The van der Waals surface area contributed by atoms with Crippen LogP contribution in [0.15, 0.2) is 23.8 Å². The Morgan fingerprint density at radius 1 is 1.18 bits per heavy atom. The summed E-state index contributed by atoms with van der Waals surface area (Å²) in [5.74, 6) is 2.22. The molecule has 0 aromatic heterocycles. The molecule has 0 spiro atoms. The Bertz CT molecular complexity index is 574. The summed E-state index contributed by atoms with van der Waals surface area (Å²) in [6.07, 6.45) is 9.43. The number of carbonyl (C=O) groups excluding carboxylic acids is 1. The summed E-state index contributed by atoms with van der Waals surface area (Å²) >= 11 is 0. The predicted octanol–water partition coefficient (Wildman–Crippen LogP) is 4.05. The number of aliphatic hydroxyl groups excluding tert-OH is 1. The van der Waals surface area contributed by atoms with Crippen molar-refractivity contribution < 1.29 is 9.90 Å². The minimum atomic E-state index is -0.105. The van der Waals surface area contributed by atoms with Gasteiger partial charge in [-0.25, -0.2) is 0 Å². The molecule has 4 aliphatic rings. The molecule has 0 radical (unpaired) electrons. The normalized spacial score (nSPS) is 51.0. The first-order valence-electron chi connectivity index (χ1n) is 8.97. The van der Waals surface area contributed by atoms with Gasteiger partial charge < -0.3 is 5.11 Å². The van der Waals surface area contributed by atoms with E-state index in [1.807, 2.05) is 6.08 Å². The Morgan fingerprint density at radius 3 is 2.73 bits per heavy atom. The Hall–Kier alpha value is -0.890. The fourth-order valence-corrected chi connectivity index (χ4v) is 6.57. The molecule has 0 aromatic carbocycles. The summed E-state index contributed by atoms with van der Waals surface area (Å²) in [4.78, 5) is 12.0. The van der Waals surface area contributed by atoms with Crippen LogP contribution in [-0.2, 0) is 4.79 Å². The Labute approximate surface area is 133 Å². The lowest BCUT2D eigenvalue weighted by Gasteiger charge is -2.57. The highest BCUT2D eigenvalue weighted by Gasteiger charge is 2.58. The molecule has 0 aromatic rings. The molecule has 0 amide bonds. The zero-order valence-corrected chi connectivity index (χ0v) is 13.9. The molecule has 4 rings (SSSR count). The third kappa shape index (κ3) is 1.73. The second-order valence-corrected chi connectivity index (χ2v) is 8.78. The van der Waals surface area contributed by atoms with Crippen molar-refractivity contribution in [2.45, 2.75) is 64.9 Å². The van der Waals surface area contributed by atoms with Crippen LogP contribution in [0.2, 0.25) is 0 Å². The van der Waals surface area contributed by atoms with E-state index in [1.54, 1.807) is 0 Å². The van der Waals surface area contributed by atoms with Crippen molar-refractivity contribution in [3.05, 3.63) is 23.8 Å². The minimum absolute atomic E-state index is 0.105. The summed E-state index contributed by atoms with van der Waals surface area (Å²) in [5.41, 5.74) is 2.46. The molecule has 1 N–H and O–H groups in total. The second kappa shape index (κ2) is 4.56. The van der Waals surface area contributed by atoms with Crippen molar-refractivity contribution in [2.24, 2.45) is 28.6 Å². The predicted molar refractivity (Wildman–Crippen MR) is 87.2 cm³/mol. The van der Waals surface area contributed by atoms with Crippen LogP contribution in [0.25, 0.3) is 0 Å². The molecular weight excluding hydrogens is 272 g/mol. The zero-order valence-electron chi connectivity index (χ0n) is 13.9. The van der Waals surface area contributed by atoms with Crippen molar-refractivity contribution in [2.75, 3.05) is 0 Å². The molecule has 3 saturated carbocycles. The Morgan fingerprint density at radius 2 is 1.95 bits per heavy atom. The molecule has 22 heavy (non-hydrogen) atoms. The van der Waals surface area contributed by atoms with Crippen LogP contribution in [0.1, 0.15) is 58.8 Å². The van der Waals surface area contributed by atoms with E-state index in [0.29, 0.717) is 11.8 Å². The number of aliphatic hydroxyl groups is 1. The van der Waals surface area contributed by atoms with E-state index in [-0.39, 0.29) is 22.7 Å². The van der Waals surface area contributed by atoms with E-state index in [9.17, 15) is 9.90 Å². The molecule has 0 bridgehead atoms. The van der Waals surface area contributed by atoms with Gasteiger partial charge in [-0.3, -0.25) is 4.79 Å². The van der Waals surface area contributed by atoms with Gasteiger partial charge >= 0.3 is 0 Å². The van der Waals surface area contributed by atoms with Gasteiger partial charge in [0, 0.05) is 0 Å². The van der Waals surface area contributed by atoms with Gasteiger partial charge in [0.15, 0.2) is 5.78 Å². The summed E-state index contributed by atoms with van der Waals surface area (Å²) in [6.45, 7) is 8.73. The van der Waals surface area contributed by atoms with Crippen LogP contribution < -0.4 is 0 Å². The number of fused-ring (bicyclic) bond motifs is 5. The van der Waals surface area contributed by atoms with E-state index >= 15 is 0 Å². The van der Waals surface area contributed by atoms with Crippen molar-refractivity contribution in [1.82, 2.24) is 0 Å². The summed E-state index contributed by atoms with van der Waals surface area (Å²) in [7, 11) is 0. The summed E-state index contributed by atoms with van der Waals surface area (Å²) in [6, 6.07) is 0. The van der Waals surface area contributed by atoms with E-state index in [0.717, 1.165) is 37.2 Å². The largest absolute Gasteiger partial charge is 0.393 e. The van der Waals surface area contributed by atoms with Gasteiger partial charge in [0.1, 0.15) is 0 Å². The third-order valence-electron chi connectivity index (χ3n) is 7.92. The molecule has 0 aliphatic heterocycles. The van der Waals surface area contributed by atoms with Crippen LogP contribution in [0.5, 0.6) is 0 Å². The second-order valence-electron chi connectivity index (χ2n) is 8.78. The van der Waals surface area contributed by atoms with Gasteiger partial charge in [0.2, 0.25) is 0 Å². The van der Waals surface area contributed by atoms with Crippen LogP contribution in [0.4, 0.5) is 0 Å². The molecule has 0 saturated heterocycles. The van der Waals surface area contributed by atoms with Gasteiger partial charge in [-0.05, 0) is 85.2 Å². The molecule has 4 aliphatic carbocycles. The molecule has 3 fully saturated rings. The molecule has 6 atom stereocenters. The summed E-state index contributed by atoms with van der Waals surface area (Å²) < 4.78 is 0. The molecule has 2 heteroatoms. The standard InChI is InChI=1S/C20H28O2/c1-12-11-20(3)13(10-17(12)21)4-5-14-15-6-7-18(22)19(15,2)9-8-16(14)20/h10,14-16,18,22H,1,4-9,11H2,2-3H3/t14-,15-,16-,18-,19+,20+/m1/s1. The number of ketones is 1. The minimum Gasteiger partial charge on any atom is -0.393 e. The highest BCUT2D eigenvalue weighted by molar-refractivity contribution is 6.05. The lowest BCUT2D eigenvalue weighted by Crippen LogP contribution is -2.51. The van der Waals surface area contributed by atoms with Gasteiger partial charge in [-0.1, -0.05) is 26.0 Å². The van der Waals surface area contributed by atoms with Crippen molar-refractivity contribution in [3.63, 3.8) is 0 Å². The Kier molecular flexibility index (Phi) is 3.05. The molecular formula is C20H28O2. The average Bonchev–Trinajstić information content (AvgIpc) is 2.77. The lowest BCUT2D eigenvalue weighted by molar-refractivity contribution is -0.113. The maximum absolute atomic E-state index is 12.0. The van der Waals surface area contributed by atoms with E-state index < -0.39 is 0 Å². The number of carbonyl (C=O) groups is 1. The van der Waals surface area contributed by atoms with Crippen molar-refractivity contribution in [3.8, 4) is 0 Å². The number of allylic oxidation sites excluding steroid dienone is 2. The summed E-state index contributed by atoms with van der Waals surface area (Å²) in [5, 5.41) is 10.5. The van der Waals surface area contributed by atoms with Crippen LogP contribution in [0.3, 0.4) is 0 Å². The number of hydrogen-bond acceptors (Lipinski definition) is 2. The van der Waals surface area contributed by atoms with Gasteiger partial charge in [-0.15, -0.1) is 0 Å². The van der Waals surface area contributed by atoms with Gasteiger partial charge in [-0.2, -0.15) is 0 Å². The van der Waals surface area contributed by atoms with Gasteiger partial charge in [0.05, 0.1) is 6.10 Å². The third-order valence-corrected chi connectivity index (χ3v) is 7.92. The molecule has 0 heterocycles. The quantitative estimate of drug-likeness (QED) is 0.685. The van der Waals surface area contributed by atoms with Crippen LogP contribution >= 0.6 is 0 Å². The maximum atomic E-state index is 12.0. The maximum Gasteiger partial charge on any atom is 0.181 e. The molecule has 2 nitrogen and oxygen atoms in total. The lowest BCUT2D eigenvalue weighted by atomic mass is 9.47. The Balaban J connectivity index is 1.71. The number of rotatable bonds is 0. The van der Waals surface area contributed by atoms with E-state index in [1.165, 1.54) is 24.8 Å². The highest BCUT2D eigenvalue weighted by atomic mass is 16.3. The van der Waals surface area contributed by atoms with Gasteiger partial charge in [0.25, 0.3) is 0 Å². The zero-order chi connectivity index (χ0) is 15.7. The van der Waals surface area contributed by atoms with E-state index in [2.05, 4.69) is 20.4 Å². The monoisotopic (exact) mass is 300 g/mol. The molecule has 120 valence electrons. The van der Waals surface area contributed by atoms with Crippen LogP contribution in [0, 0.1) is 28.6 Å². The molecule has 0 unspecified atom stereocenters. The first-order valence-corrected chi connectivity index (χ1v) is 8.97.